The lowest BCUT2D eigenvalue weighted by atomic mass is 9.74. The molecule has 2 amide bonds. The number of carbonyl (C=O) groups is 2. The summed E-state index contributed by atoms with van der Waals surface area (Å²) in [5.41, 5.74) is -0.752. The number of carboxylic acids is 1. The number of carboxylic acid groups (broad SMARTS) is 1. The van der Waals surface area contributed by atoms with Crippen LogP contribution in [0.25, 0.3) is 0 Å². The van der Waals surface area contributed by atoms with Gasteiger partial charge in [0.05, 0.1) is 5.41 Å². The normalized spacial score (nSPS) is 22.9. The zero-order chi connectivity index (χ0) is 14.8. The molecule has 2 aliphatic rings. The molecule has 2 N–H and O–H groups in total. The van der Waals surface area contributed by atoms with Crippen LogP contribution in [0.15, 0.2) is 0 Å². The lowest BCUT2D eigenvalue weighted by molar-refractivity contribution is -0.150. The van der Waals surface area contributed by atoms with Gasteiger partial charge in [-0.05, 0) is 38.5 Å². The van der Waals surface area contributed by atoms with Crippen LogP contribution in [0.2, 0.25) is 0 Å². The summed E-state index contributed by atoms with van der Waals surface area (Å²) in [6.07, 6.45) is 6.71. The minimum Gasteiger partial charge on any atom is -0.481 e. The molecule has 20 heavy (non-hydrogen) atoms. The van der Waals surface area contributed by atoms with Crippen molar-refractivity contribution < 1.29 is 14.7 Å². The molecule has 5 nitrogen and oxygen atoms in total. The fourth-order valence-electron chi connectivity index (χ4n) is 3.14. The highest BCUT2D eigenvalue weighted by Crippen LogP contribution is 2.36. The minimum absolute atomic E-state index is 0.143. The maximum Gasteiger partial charge on any atom is 0.317 e. The van der Waals surface area contributed by atoms with Crippen molar-refractivity contribution in [2.24, 2.45) is 11.3 Å². The number of hydrogen-bond donors (Lipinski definition) is 2. The average molecular weight is 282 g/mol. The van der Waals surface area contributed by atoms with Gasteiger partial charge in [0, 0.05) is 19.6 Å². The Bertz CT molecular complexity index is 373. The van der Waals surface area contributed by atoms with E-state index in [4.69, 9.17) is 0 Å². The molecular weight excluding hydrogens is 256 g/mol. The summed E-state index contributed by atoms with van der Waals surface area (Å²) in [4.78, 5) is 25.4. The third kappa shape index (κ3) is 3.25. The van der Waals surface area contributed by atoms with Crippen LogP contribution in [-0.4, -0.2) is 41.6 Å². The zero-order valence-electron chi connectivity index (χ0n) is 12.5. The van der Waals surface area contributed by atoms with Crippen LogP contribution in [0.4, 0.5) is 4.79 Å². The van der Waals surface area contributed by atoms with Gasteiger partial charge in [-0.2, -0.15) is 0 Å². The molecule has 0 heterocycles. The van der Waals surface area contributed by atoms with Gasteiger partial charge in [-0.15, -0.1) is 0 Å². The Labute approximate surface area is 120 Å². The van der Waals surface area contributed by atoms with Crippen molar-refractivity contribution in [3.05, 3.63) is 0 Å². The molecule has 0 bridgehead atoms. The number of urea groups is 1. The van der Waals surface area contributed by atoms with Gasteiger partial charge in [0.1, 0.15) is 0 Å². The van der Waals surface area contributed by atoms with E-state index in [0.717, 1.165) is 19.3 Å². The Balaban J connectivity index is 1.88. The summed E-state index contributed by atoms with van der Waals surface area (Å²) in [5.74, 6) is -0.149. The predicted octanol–water partition coefficient (Wildman–Crippen LogP) is 2.46. The highest BCUT2D eigenvalue weighted by Gasteiger charge is 2.40. The van der Waals surface area contributed by atoms with Crippen LogP contribution in [-0.2, 0) is 4.79 Å². The number of nitrogens with zero attached hydrogens (tertiary/aromatic N) is 1. The fourth-order valence-corrected chi connectivity index (χ4v) is 3.14. The van der Waals surface area contributed by atoms with Crippen molar-refractivity contribution in [2.45, 2.75) is 57.9 Å². The van der Waals surface area contributed by atoms with Crippen LogP contribution in [0.5, 0.6) is 0 Å². The smallest absolute Gasteiger partial charge is 0.317 e. The first-order chi connectivity index (χ1) is 9.46. The fraction of sp³-hybridized carbons (Fsp3) is 0.867. The van der Waals surface area contributed by atoms with E-state index in [0.29, 0.717) is 18.8 Å². The van der Waals surface area contributed by atoms with Crippen LogP contribution in [0, 0.1) is 11.3 Å². The second kappa shape index (κ2) is 6.02. The van der Waals surface area contributed by atoms with Crippen LogP contribution in [0.3, 0.4) is 0 Å². The predicted molar refractivity (Wildman–Crippen MR) is 76.5 cm³/mol. The number of rotatable bonds is 5. The molecule has 2 aliphatic carbocycles. The average Bonchev–Trinajstić information content (AvgIpc) is 3.28. The molecule has 1 unspecified atom stereocenters. The highest BCUT2D eigenvalue weighted by atomic mass is 16.4. The Morgan fingerprint density at radius 2 is 1.90 bits per heavy atom. The van der Waals surface area contributed by atoms with Crippen molar-refractivity contribution in [3.8, 4) is 0 Å². The van der Waals surface area contributed by atoms with Crippen LogP contribution in [0.1, 0.15) is 51.9 Å². The van der Waals surface area contributed by atoms with Crippen molar-refractivity contribution in [1.29, 1.82) is 0 Å². The van der Waals surface area contributed by atoms with Crippen LogP contribution < -0.4 is 5.32 Å². The van der Waals surface area contributed by atoms with Gasteiger partial charge in [0.15, 0.2) is 0 Å². The first-order valence-corrected chi connectivity index (χ1v) is 7.70. The molecule has 2 fully saturated rings. The van der Waals surface area contributed by atoms with E-state index < -0.39 is 11.4 Å². The Morgan fingerprint density at radius 3 is 2.40 bits per heavy atom. The molecular formula is C15H26N2O3. The summed E-state index contributed by atoms with van der Waals surface area (Å²) in [6.45, 7) is 2.31. The van der Waals surface area contributed by atoms with E-state index in [-0.39, 0.29) is 18.6 Å². The molecule has 2 saturated carbocycles. The van der Waals surface area contributed by atoms with Crippen molar-refractivity contribution in [3.63, 3.8) is 0 Å². The summed E-state index contributed by atoms with van der Waals surface area (Å²) < 4.78 is 0. The Kier molecular flexibility index (Phi) is 4.55. The summed E-state index contributed by atoms with van der Waals surface area (Å²) >= 11 is 0. The first kappa shape index (κ1) is 15.1. The van der Waals surface area contributed by atoms with Crippen molar-refractivity contribution in [1.82, 2.24) is 10.2 Å². The van der Waals surface area contributed by atoms with Gasteiger partial charge in [0.2, 0.25) is 0 Å². The number of aliphatic carboxylic acids is 1. The largest absolute Gasteiger partial charge is 0.481 e. The van der Waals surface area contributed by atoms with Crippen LogP contribution >= 0.6 is 0 Å². The first-order valence-electron chi connectivity index (χ1n) is 7.70. The molecule has 1 atom stereocenters. The lowest BCUT2D eigenvalue weighted by Gasteiger charge is -2.34. The topological polar surface area (TPSA) is 69.6 Å². The summed E-state index contributed by atoms with van der Waals surface area (Å²) in [5, 5.41) is 12.3. The second-order valence-corrected chi connectivity index (χ2v) is 6.49. The van der Waals surface area contributed by atoms with E-state index in [1.165, 1.54) is 12.8 Å². The van der Waals surface area contributed by atoms with Gasteiger partial charge in [-0.1, -0.05) is 19.3 Å². The van der Waals surface area contributed by atoms with E-state index in [1.807, 2.05) is 0 Å². The van der Waals surface area contributed by atoms with E-state index in [2.05, 4.69) is 12.2 Å². The quantitative estimate of drug-likeness (QED) is 0.813. The van der Waals surface area contributed by atoms with Gasteiger partial charge in [-0.3, -0.25) is 4.79 Å². The minimum atomic E-state index is -0.768. The molecule has 0 spiro atoms. The molecule has 0 aliphatic heterocycles. The SMILES string of the molecule is CC(C1CC1)N(C)C(=O)NCC1(C(=O)O)CCCCC1. The van der Waals surface area contributed by atoms with Gasteiger partial charge >= 0.3 is 12.0 Å². The third-order valence-corrected chi connectivity index (χ3v) is 5.08. The maximum absolute atomic E-state index is 12.1. The monoisotopic (exact) mass is 282 g/mol. The van der Waals surface area contributed by atoms with E-state index >= 15 is 0 Å². The zero-order valence-corrected chi connectivity index (χ0v) is 12.5. The van der Waals surface area contributed by atoms with E-state index in [9.17, 15) is 14.7 Å². The number of amides is 2. The summed E-state index contributed by atoms with van der Waals surface area (Å²) in [6, 6.07) is 0.0951. The molecule has 5 heteroatoms. The van der Waals surface area contributed by atoms with Crippen molar-refractivity contribution >= 4 is 12.0 Å². The van der Waals surface area contributed by atoms with Gasteiger partial charge < -0.3 is 15.3 Å². The Morgan fingerprint density at radius 1 is 1.30 bits per heavy atom. The van der Waals surface area contributed by atoms with Gasteiger partial charge in [-0.25, -0.2) is 4.79 Å². The Hall–Kier alpha value is -1.26. The molecule has 2 rings (SSSR count). The molecule has 0 aromatic carbocycles. The molecule has 0 aromatic heterocycles. The molecule has 114 valence electrons. The van der Waals surface area contributed by atoms with E-state index in [1.54, 1.807) is 11.9 Å². The summed E-state index contributed by atoms with van der Waals surface area (Å²) in [7, 11) is 1.80. The van der Waals surface area contributed by atoms with Gasteiger partial charge in [0.25, 0.3) is 0 Å². The lowest BCUT2D eigenvalue weighted by Crippen LogP contribution is -2.49. The molecule has 0 radical (unpaired) electrons. The highest BCUT2D eigenvalue weighted by molar-refractivity contribution is 5.78. The standard InChI is InChI=1S/C15H26N2O3/c1-11(12-6-7-12)17(2)14(20)16-10-15(13(18)19)8-4-3-5-9-15/h11-12H,3-10H2,1-2H3,(H,16,20)(H,18,19). The molecule has 0 saturated heterocycles. The number of nitrogens with one attached hydrogen (secondary N) is 1. The van der Waals surface area contributed by atoms with Crippen molar-refractivity contribution in [2.75, 3.05) is 13.6 Å². The number of hydrogen-bond acceptors (Lipinski definition) is 2. The molecule has 0 aromatic rings. The number of carbonyl (C=O) groups excluding carboxylic acids is 1. The maximum atomic E-state index is 12.1. The second-order valence-electron chi connectivity index (χ2n) is 6.49. The third-order valence-electron chi connectivity index (χ3n) is 5.08.